The predicted molar refractivity (Wildman–Crippen MR) is 97.9 cm³/mol. The van der Waals surface area contributed by atoms with E-state index in [-0.39, 0.29) is 11.5 Å². The van der Waals surface area contributed by atoms with Crippen LogP contribution in [0.25, 0.3) is 0 Å². The zero-order valence-corrected chi connectivity index (χ0v) is 15.5. The Morgan fingerprint density at radius 3 is 2.52 bits per heavy atom. The molecule has 4 nitrogen and oxygen atoms in total. The van der Waals surface area contributed by atoms with Crippen LogP contribution in [0.3, 0.4) is 0 Å². The molecule has 2 rings (SSSR count). The summed E-state index contributed by atoms with van der Waals surface area (Å²) in [6.07, 6.45) is 3.12. The molecule has 4 heteroatoms. The van der Waals surface area contributed by atoms with E-state index in [1.165, 1.54) is 0 Å². The zero-order chi connectivity index (χ0) is 18.7. The summed E-state index contributed by atoms with van der Waals surface area (Å²) >= 11 is 0. The average Bonchev–Trinajstić information content (AvgIpc) is 2.53. The van der Waals surface area contributed by atoms with Crippen LogP contribution in [0.15, 0.2) is 30.4 Å². The van der Waals surface area contributed by atoms with Crippen LogP contribution in [-0.2, 0) is 4.79 Å². The number of rotatable bonds is 5. The van der Waals surface area contributed by atoms with Gasteiger partial charge in [0.1, 0.15) is 5.75 Å². The second-order valence-corrected chi connectivity index (χ2v) is 7.62. The van der Waals surface area contributed by atoms with E-state index in [0.717, 1.165) is 19.3 Å². The number of carboxylic acids is 1. The Bertz CT molecular complexity index is 674. The van der Waals surface area contributed by atoms with Crippen LogP contribution in [0, 0.1) is 17.8 Å². The van der Waals surface area contributed by atoms with Gasteiger partial charge in [0.25, 0.3) is 0 Å². The minimum atomic E-state index is -0.982. The fourth-order valence-electron chi connectivity index (χ4n) is 3.92. The number of hydrogen-bond acceptors (Lipinski definition) is 3. The number of benzene rings is 1. The lowest BCUT2D eigenvalue weighted by atomic mass is 9.66. The predicted octanol–water partition coefficient (Wildman–Crippen LogP) is 5.04. The van der Waals surface area contributed by atoms with E-state index in [4.69, 9.17) is 4.74 Å². The van der Waals surface area contributed by atoms with E-state index in [1.807, 2.05) is 0 Å². The molecular weight excluding hydrogens is 316 g/mol. The van der Waals surface area contributed by atoms with Crippen LogP contribution in [0.4, 0.5) is 0 Å². The number of ether oxygens (including phenoxy) is 1. The van der Waals surface area contributed by atoms with Crippen molar-refractivity contribution in [3.8, 4) is 5.75 Å². The fraction of sp³-hybridized carbons (Fsp3) is 0.524. The SMILES string of the molecule is C=C(C)C(=O)Oc1cccc(C(=O)O)c1C1CC(C)CCC1C(C)C. The Labute approximate surface area is 149 Å². The maximum atomic E-state index is 12.0. The quantitative estimate of drug-likeness (QED) is 0.461. The van der Waals surface area contributed by atoms with Crippen LogP contribution < -0.4 is 4.74 Å². The van der Waals surface area contributed by atoms with E-state index in [0.29, 0.717) is 34.6 Å². The number of carboxylic acid groups (broad SMARTS) is 1. The highest BCUT2D eigenvalue weighted by Gasteiger charge is 2.36. The smallest absolute Gasteiger partial charge is 0.338 e. The van der Waals surface area contributed by atoms with Gasteiger partial charge in [0.05, 0.1) is 5.56 Å². The summed E-state index contributed by atoms with van der Waals surface area (Å²) < 4.78 is 5.51. The Morgan fingerprint density at radius 1 is 1.28 bits per heavy atom. The Balaban J connectivity index is 2.56. The second-order valence-electron chi connectivity index (χ2n) is 7.62. The molecule has 0 spiro atoms. The first-order valence-corrected chi connectivity index (χ1v) is 8.96. The molecule has 1 saturated carbocycles. The normalized spacial score (nSPS) is 23.3. The number of aromatic carboxylic acids is 1. The third kappa shape index (κ3) is 4.30. The standard InChI is InChI=1S/C21H28O4/c1-12(2)15-10-9-14(5)11-17(15)19-16(20(22)23)7-6-8-18(19)25-21(24)13(3)4/h6-8,12,14-15,17H,3,9-11H2,1-2,4-5H3,(H,22,23). The van der Waals surface area contributed by atoms with E-state index >= 15 is 0 Å². The van der Waals surface area contributed by atoms with Gasteiger partial charge in [-0.25, -0.2) is 9.59 Å². The molecule has 3 atom stereocenters. The molecular formula is C21H28O4. The third-order valence-electron chi connectivity index (χ3n) is 5.24. The molecule has 1 aromatic rings. The molecule has 1 aliphatic rings. The fourth-order valence-corrected chi connectivity index (χ4v) is 3.92. The molecule has 0 saturated heterocycles. The Morgan fingerprint density at radius 2 is 1.96 bits per heavy atom. The zero-order valence-electron chi connectivity index (χ0n) is 15.5. The lowest BCUT2D eigenvalue weighted by Gasteiger charge is -2.38. The van der Waals surface area contributed by atoms with E-state index in [1.54, 1.807) is 25.1 Å². The molecule has 1 aliphatic carbocycles. The molecule has 3 unspecified atom stereocenters. The van der Waals surface area contributed by atoms with Crippen molar-refractivity contribution < 1.29 is 19.4 Å². The van der Waals surface area contributed by atoms with Gasteiger partial charge in [0, 0.05) is 11.1 Å². The molecule has 136 valence electrons. The van der Waals surface area contributed by atoms with Crippen molar-refractivity contribution in [1.29, 1.82) is 0 Å². The van der Waals surface area contributed by atoms with Crippen molar-refractivity contribution in [2.24, 2.45) is 17.8 Å². The Hall–Kier alpha value is -2.10. The maximum absolute atomic E-state index is 12.0. The molecule has 0 radical (unpaired) electrons. The highest BCUT2D eigenvalue weighted by atomic mass is 16.5. The topological polar surface area (TPSA) is 63.6 Å². The molecule has 1 aromatic carbocycles. The highest BCUT2D eigenvalue weighted by Crippen LogP contribution is 2.47. The first kappa shape index (κ1) is 19.2. The van der Waals surface area contributed by atoms with Crippen LogP contribution in [0.1, 0.15) is 68.8 Å². The number of esters is 1. The van der Waals surface area contributed by atoms with E-state index in [9.17, 15) is 14.7 Å². The van der Waals surface area contributed by atoms with Crippen LogP contribution in [-0.4, -0.2) is 17.0 Å². The minimum Gasteiger partial charge on any atom is -0.478 e. The molecule has 0 bridgehead atoms. The molecule has 0 amide bonds. The van der Waals surface area contributed by atoms with Gasteiger partial charge in [0.2, 0.25) is 0 Å². The number of carbonyl (C=O) groups excluding carboxylic acids is 1. The summed E-state index contributed by atoms with van der Waals surface area (Å²) in [7, 11) is 0. The summed E-state index contributed by atoms with van der Waals surface area (Å²) in [5.41, 5.74) is 1.19. The minimum absolute atomic E-state index is 0.0731. The van der Waals surface area contributed by atoms with Crippen molar-refractivity contribution in [2.75, 3.05) is 0 Å². The van der Waals surface area contributed by atoms with Crippen molar-refractivity contribution in [3.63, 3.8) is 0 Å². The maximum Gasteiger partial charge on any atom is 0.338 e. The molecule has 1 N–H and O–H groups in total. The largest absolute Gasteiger partial charge is 0.478 e. The molecule has 0 aromatic heterocycles. The molecule has 25 heavy (non-hydrogen) atoms. The van der Waals surface area contributed by atoms with Gasteiger partial charge in [-0.3, -0.25) is 0 Å². The third-order valence-corrected chi connectivity index (χ3v) is 5.24. The molecule has 0 heterocycles. The lowest BCUT2D eigenvalue weighted by Crippen LogP contribution is -2.28. The molecule has 1 fully saturated rings. The summed E-state index contributed by atoms with van der Waals surface area (Å²) in [5, 5.41) is 9.70. The summed E-state index contributed by atoms with van der Waals surface area (Å²) in [6, 6.07) is 4.93. The van der Waals surface area contributed by atoms with Gasteiger partial charge in [-0.05, 0) is 55.6 Å². The first-order chi connectivity index (χ1) is 11.7. The van der Waals surface area contributed by atoms with E-state index < -0.39 is 11.9 Å². The average molecular weight is 344 g/mol. The lowest BCUT2D eigenvalue weighted by molar-refractivity contribution is -0.130. The summed E-state index contributed by atoms with van der Waals surface area (Å²) in [5.74, 6) is 0.258. The van der Waals surface area contributed by atoms with Gasteiger partial charge in [-0.15, -0.1) is 0 Å². The summed E-state index contributed by atoms with van der Waals surface area (Å²) in [4.78, 5) is 23.9. The summed E-state index contributed by atoms with van der Waals surface area (Å²) in [6.45, 7) is 11.8. The van der Waals surface area contributed by atoms with E-state index in [2.05, 4.69) is 27.4 Å². The number of hydrogen-bond donors (Lipinski definition) is 1. The van der Waals surface area contributed by atoms with Crippen LogP contribution >= 0.6 is 0 Å². The first-order valence-electron chi connectivity index (χ1n) is 8.96. The van der Waals surface area contributed by atoms with Gasteiger partial charge in [-0.2, -0.15) is 0 Å². The van der Waals surface area contributed by atoms with Crippen molar-refractivity contribution in [3.05, 3.63) is 41.5 Å². The van der Waals surface area contributed by atoms with Gasteiger partial charge >= 0.3 is 11.9 Å². The van der Waals surface area contributed by atoms with Gasteiger partial charge in [0.15, 0.2) is 0 Å². The van der Waals surface area contributed by atoms with Crippen molar-refractivity contribution >= 4 is 11.9 Å². The van der Waals surface area contributed by atoms with Gasteiger partial charge < -0.3 is 9.84 Å². The Kier molecular flexibility index (Phi) is 6.04. The van der Waals surface area contributed by atoms with Crippen molar-refractivity contribution in [1.82, 2.24) is 0 Å². The highest BCUT2D eigenvalue weighted by molar-refractivity contribution is 5.92. The van der Waals surface area contributed by atoms with Crippen LogP contribution in [0.5, 0.6) is 5.75 Å². The van der Waals surface area contributed by atoms with Gasteiger partial charge in [-0.1, -0.05) is 39.8 Å². The second kappa shape index (κ2) is 7.85. The molecule has 0 aliphatic heterocycles. The van der Waals surface area contributed by atoms with Crippen molar-refractivity contribution in [2.45, 2.75) is 52.9 Å². The number of carbonyl (C=O) groups is 2. The monoisotopic (exact) mass is 344 g/mol. The van der Waals surface area contributed by atoms with Crippen LogP contribution in [0.2, 0.25) is 0 Å².